The number of hydrogen-bond donors (Lipinski definition) is 1. The number of alkyl halides is 3. The minimum atomic E-state index is -4.56. The van der Waals surface area contributed by atoms with E-state index in [0.29, 0.717) is 0 Å². The smallest absolute Gasteiger partial charge is 0.393 e. The molecular weight excluding hydrogens is 243 g/mol. The largest absolute Gasteiger partial charge is 0.417 e. The molecule has 1 aromatic rings. The Morgan fingerprint density at radius 1 is 1.33 bits per heavy atom. The number of benzene rings is 1. The SMILES string of the molecule is C=C/C(=C\NC)C(=O)c1ccccc1C(F)(F)F. The van der Waals surface area contributed by atoms with E-state index in [-0.39, 0.29) is 11.1 Å². The molecule has 0 aliphatic carbocycles. The lowest BCUT2D eigenvalue weighted by molar-refractivity contribution is -0.137. The van der Waals surface area contributed by atoms with Crippen LogP contribution < -0.4 is 5.32 Å². The first-order valence-corrected chi connectivity index (χ1v) is 5.12. The van der Waals surface area contributed by atoms with Gasteiger partial charge < -0.3 is 5.32 Å². The number of allylic oxidation sites excluding steroid dienone is 2. The van der Waals surface area contributed by atoms with Crippen molar-refractivity contribution in [2.45, 2.75) is 6.18 Å². The first kappa shape index (κ1) is 14.0. The molecule has 1 aromatic carbocycles. The number of hydrogen-bond acceptors (Lipinski definition) is 2. The van der Waals surface area contributed by atoms with Gasteiger partial charge in [0.25, 0.3) is 0 Å². The molecule has 0 amide bonds. The van der Waals surface area contributed by atoms with Crippen molar-refractivity contribution in [3.8, 4) is 0 Å². The molecule has 0 fully saturated rings. The molecule has 0 unspecified atom stereocenters. The lowest BCUT2D eigenvalue weighted by Crippen LogP contribution is -2.14. The Balaban J connectivity index is 3.30. The van der Waals surface area contributed by atoms with Crippen LogP contribution in [0.25, 0.3) is 0 Å². The quantitative estimate of drug-likeness (QED) is 0.508. The van der Waals surface area contributed by atoms with Gasteiger partial charge in [-0.2, -0.15) is 13.2 Å². The number of carbonyl (C=O) groups is 1. The molecule has 0 aliphatic heterocycles. The summed E-state index contributed by atoms with van der Waals surface area (Å²) < 4.78 is 38.2. The Hall–Kier alpha value is -2.04. The first-order chi connectivity index (χ1) is 8.41. The molecule has 0 radical (unpaired) electrons. The summed E-state index contributed by atoms with van der Waals surface area (Å²) in [6.07, 6.45) is -2.04. The normalized spacial score (nSPS) is 12.1. The Labute approximate surface area is 103 Å². The Bertz CT molecular complexity index is 489. The summed E-state index contributed by atoms with van der Waals surface area (Å²) in [6, 6.07) is 4.67. The van der Waals surface area contributed by atoms with Gasteiger partial charge in [-0.05, 0) is 6.07 Å². The number of rotatable bonds is 4. The summed E-state index contributed by atoms with van der Waals surface area (Å²) in [5, 5.41) is 2.59. The minimum Gasteiger partial charge on any atom is -0.393 e. The van der Waals surface area contributed by atoms with Gasteiger partial charge in [-0.15, -0.1) is 0 Å². The highest BCUT2D eigenvalue weighted by molar-refractivity contribution is 6.11. The molecule has 5 heteroatoms. The summed E-state index contributed by atoms with van der Waals surface area (Å²) in [5.74, 6) is -0.715. The lowest BCUT2D eigenvalue weighted by Gasteiger charge is -2.12. The van der Waals surface area contributed by atoms with Gasteiger partial charge >= 0.3 is 6.18 Å². The Kier molecular flexibility index (Phi) is 4.31. The third-order valence-electron chi connectivity index (χ3n) is 2.26. The number of halogens is 3. The van der Waals surface area contributed by atoms with E-state index in [0.717, 1.165) is 12.1 Å². The van der Waals surface area contributed by atoms with Crippen molar-refractivity contribution >= 4 is 5.78 Å². The second-order valence-corrected chi connectivity index (χ2v) is 3.46. The molecule has 0 spiro atoms. The molecular formula is C13H12F3NO. The Morgan fingerprint density at radius 2 is 1.94 bits per heavy atom. The standard InChI is InChI=1S/C13H12F3NO/c1-3-9(8-17-2)12(18)10-6-4-5-7-11(10)13(14,15)16/h3-8,17H,1H2,2H3/b9-8+. The zero-order valence-electron chi connectivity index (χ0n) is 9.71. The van der Waals surface area contributed by atoms with Crippen molar-refractivity contribution in [1.29, 1.82) is 0 Å². The lowest BCUT2D eigenvalue weighted by atomic mass is 9.98. The van der Waals surface area contributed by atoms with Gasteiger partial charge in [0.15, 0.2) is 5.78 Å². The van der Waals surface area contributed by atoms with Crippen LogP contribution in [0.5, 0.6) is 0 Å². The molecule has 0 saturated heterocycles. The predicted molar refractivity (Wildman–Crippen MR) is 63.1 cm³/mol. The molecule has 0 bridgehead atoms. The van der Waals surface area contributed by atoms with Gasteiger partial charge in [-0.25, -0.2) is 0 Å². The highest BCUT2D eigenvalue weighted by Gasteiger charge is 2.35. The monoisotopic (exact) mass is 255 g/mol. The molecule has 18 heavy (non-hydrogen) atoms. The molecule has 0 atom stereocenters. The second kappa shape index (κ2) is 5.53. The van der Waals surface area contributed by atoms with Crippen molar-refractivity contribution in [2.75, 3.05) is 7.05 Å². The topological polar surface area (TPSA) is 29.1 Å². The molecule has 0 aromatic heterocycles. The van der Waals surface area contributed by atoms with Gasteiger partial charge in [0.05, 0.1) is 5.56 Å². The van der Waals surface area contributed by atoms with Gasteiger partial charge in [-0.1, -0.05) is 30.9 Å². The first-order valence-electron chi connectivity index (χ1n) is 5.12. The van der Waals surface area contributed by atoms with Crippen molar-refractivity contribution in [3.05, 3.63) is 59.8 Å². The number of Topliss-reactive ketones (excluding diaryl/α,β-unsaturated/α-hetero) is 1. The van der Waals surface area contributed by atoms with Crippen LogP contribution in [-0.2, 0) is 6.18 Å². The van der Waals surface area contributed by atoms with Crippen LogP contribution in [0, 0.1) is 0 Å². The van der Waals surface area contributed by atoms with Crippen LogP contribution in [0.1, 0.15) is 15.9 Å². The van der Waals surface area contributed by atoms with Gasteiger partial charge in [0.1, 0.15) is 0 Å². The van der Waals surface area contributed by atoms with Gasteiger partial charge in [0.2, 0.25) is 0 Å². The average molecular weight is 255 g/mol. The predicted octanol–water partition coefficient (Wildman–Crippen LogP) is 3.18. The van der Waals surface area contributed by atoms with E-state index in [2.05, 4.69) is 11.9 Å². The van der Waals surface area contributed by atoms with Crippen LogP contribution in [-0.4, -0.2) is 12.8 Å². The maximum atomic E-state index is 12.7. The van der Waals surface area contributed by atoms with Gasteiger partial charge in [0, 0.05) is 24.4 Å². The van der Waals surface area contributed by atoms with E-state index in [1.54, 1.807) is 7.05 Å². The minimum absolute atomic E-state index is 0.0780. The molecule has 2 nitrogen and oxygen atoms in total. The van der Waals surface area contributed by atoms with E-state index in [1.165, 1.54) is 24.4 Å². The number of nitrogens with one attached hydrogen (secondary N) is 1. The molecule has 1 N–H and O–H groups in total. The molecule has 0 aliphatic rings. The maximum Gasteiger partial charge on any atom is 0.417 e. The van der Waals surface area contributed by atoms with Crippen LogP contribution in [0.2, 0.25) is 0 Å². The summed E-state index contributed by atoms with van der Waals surface area (Å²) in [7, 11) is 1.55. The summed E-state index contributed by atoms with van der Waals surface area (Å²) >= 11 is 0. The average Bonchev–Trinajstić information content (AvgIpc) is 2.34. The number of carbonyl (C=O) groups excluding carboxylic acids is 1. The molecule has 1 rings (SSSR count). The van der Waals surface area contributed by atoms with Crippen LogP contribution in [0.4, 0.5) is 13.2 Å². The van der Waals surface area contributed by atoms with Crippen molar-refractivity contribution in [3.63, 3.8) is 0 Å². The highest BCUT2D eigenvalue weighted by atomic mass is 19.4. The summed E-state index contributed by atoms with van der Waals surface area (Å²) in [4.78, 5) is 12.0. The zero-order chi connectivity index (χ0) is 13.8. The van der Waals surface area contributed by atoms with Crippen molar-refractivity contribution in [1.82, 2.24) is 5.32 Å². The molecule has 0 heterocycles. The molecule has 0 saturated carbocycles. The van der Waals surface area contributed by atoms with E-state index in [9.17, 15) is 18.0 Å². The van der Waals surface area contributed by atoms with Crippen molar-refractivity contribution in [2.24, 2.45) is 0 Å². The number of ketones is 1. The van der Waals surface area contributed by atoms with Crippen LogP contribution in [0.15, 0.2) is 48.7 Å². The van der Waals surface area contributed by atoms with Crippen molar-refractivity contribution < 1.29 is 18.0 Å². The zero-order valence-corrected chi connectivity index (χ0v) is 9.71. The van der Waals surface area contributed by atoms with Crippen LogP contribution >= 0.6 is 0 Å². The fourth-order valence-electron chi connectivity index (χ4n) is 1.46. The van der Waals surface area contributed by atoms with E-state index in [4.69, 9.17) is 0 Å². The summed E-state index contributed by atoms with van der Waals surface area (Å²) in [6.45, 7) is 3.41. The van der Waals surface area contributed by atoms with E-state index >= 15 is 0 Å². The second-order valence-electron chi connectivity index (χ2n) is 3.46. The highest BCUT2D eigenvalue weighted by Crippen LogP contribution is 2.32. The van der Waals surface area contributed by atoms with E-state index in [1.807, 2.05) is 0 Å². The fraction of sp³-hybridized carbons (Fsp3) is 0.154. The van der Waals surface area contributed by atoms with E-state index < -0.39 is 17.5 Å². The fourth-order valence-corrected chi connectivity index (χ4v) is 1.46. The Morgan fingerprint density at radius 3 is 2.44 bits per heavy atom. The van der Waals surface area contributed by atoms with Gasteiger partial charge in [-0.3, -0.25) is 4.79 Å². The molecule has 96 valence electrons. The maximum absolute atomic E-state index is 12.7. The third-order valence-corrected chi connectivity index (χ3v) is 2.26. The van der Waals surface area contributed by atoms with Crippen LogP contribution in [0.3, 0.4) is 0 Å². The third kappa shape index (κ3) is 3.00. The summed E-state index contributed by atoms with van der Waals surface area (Å²) in [5.41, 5.74) is -1.25.